The van der Waals surface area contributed by atoms with E-state index < -0.39 is 11.5 Å². The molecule has 1 aromatic rings. The van der Waals surface area contributed by atoms with E-state index in [0.29, 0.717) is 36.5 Å². The van der Waals surface area contributed by atoms with E-state index in [2.05, 4.69) is 16.3 Å². The Hall–Kier alpha value is -2.16. The number of aliphatic carboxylic acids is 1. The highest BCUT2D eigenvalue weighted by Crippen LogP contribution is 2.38. The summed E-state index contributed by atoms with van der Waals surface area (Å²) in [5.41, 5.74) is 0.943. The Morgan fingerprint density at radius 1 is 1.48 bits per heavy atom. The molecule has 0 aliphatic carbocycles. The van der Waals surface area contributed by atoms with Gasteiger partial charge in [0.2, 0.25) is 0 Å². The number of aromatic nitrogens is 2. The Labute approximate surface area is 124 Å². The van der Waals surface area contributed by atoms with E-state index in [0.717, 1.165) is 18.4 Å². The van der Waals surface area contributed by atoms with Crippen LogP contribution in [0.3, 0.4) is 0 Å². The molecule has 0 spiro atoms. The number of nitriles is 1. The maximum atomic E-state index is 11.9. The van der Waals surface area contributed by atoms with E-state index in [1.165, 1.54) is 0 Å². The van der Waals surface area contributed by atoms with Crippen molar-refractivity contribution in [3.05, 3.63) is 16.8 Å². The van der Waals surface area contributed by atoms with E-state index >= 15 is 0 Å². The van der Waals surface area contributed by atoms with Crippen LogP contribution >= 0.6 is 0 Å². The molecule has 21 heavy (non-hydrogen) atoms. The molecule has 6 nitrogen and oxygen atoms in total. The fourth-order valence-electron chi connectivity index (χ4n) is 3.11. The minimum atomic E-state index is -0.962. The zero-order chi connectivity index (χ0) is 15.6. The third-order valence-electron chi connectivity index (χ3n) is 4.35. The topological polar surface area (TPSA) is 90.1 Å². The van der Waals surface area contributed by atoms with Gasteiger partial charge >= 0.3 is 5.97 Å². The van der Waals surface area contributed by atoms with Gasteiger partial charge in [-0.25, -0.2) is 4.79 Å². The van der Waals surface area contributed by atoms with Crippen molar-refractivity contribution in [1.82, 2.24) is 10.2 Å². The van der Waals surface area contributed by atoms with E-state index in [4.69, 9.17) is 0 Å². The second-order valence-corrected chi connectivity index (χ2v) is 5.56. The smallest absolute Gasteiger partial charge is 0.329 e. The number of nitrogens with zero attached hydrogens (tertiary/aromatic N) is 4. The number of rotatable bonds is 4. The fourth-order valence-corrected chi connectivity index (χ4v) is 3.11. The maximum absolute atomic E-state index is 11.9. The lowest BCUT2D eigenvalue weighted by atomic mass is 9.90. The van der Waals surface area contributed by atoms with E-state index in [9.17, 15) is 15.2 Å². The fraction of sp³-hybridized carbons (Fsp3) is 0.600. The van der Waals surface area contributed by atoms with Gasteiger partial charge in [-0.15, -0.1) is 5.10 Å². The lowest BCUT2D eigenvalue weighted by molar-refractivity contribution is -0.143. The number of hydrogen-bond acceptors (Lipinski definition) is 5. The van der Waals surface area contributed by atoms with Gasteiger partial charge in [0.1, 0.15) is 17.2 Å². The number of carbonyl (C=O) groups is 1. The van der Waals surface area contributed by atoms with Crippen molar-refractivity contribution in [2.24, 2.45) is 0 Å². The Kier molecular flexibility index (Phi) is 4.12. The third-order valence-corrected chi connectivity index (χ3v) is 4.35. The van der Waals surface area contributed by atoms with Gasteiger partial charge in [-0.3, -0.25) is 0 Å². The van der Waals surface area contributed by atoms with Crippen LogP contribution in [-0.2, 0) is 4.79 Å². The van der Waals surface area contributed by atoms with Crippen LogP contribution in [-0.4, -0.2) is 33.4 Å². The molecular weight excluding hydrogens is 268 g/mol. The van der Waals surface area contributed by atoms with Crippen molar-refractivity contribution in [3.8, 4) is 6.07 Å². The number of hydrogen-bond donors (Lipinski definition) is 1. The van der Waals surface area contributed by atoms with Gasteiger partial charge < -0.3 is 10.0 Å². The summed E-state index contributed by atoms with van der Waals surface area (Å²) in [4.78, 5) is 13.7. The summed E-state index contributed by atoms with van der Waals surface area (Å²) in [6.45, 7) is 6.19. The third kappa shape index (κ3) is 2.33. The van der Waals surface area contributed by atoms with Crippen molar-refractivity contribution in [2.45, 2.75) is 52.0 Å². The highest BCUT2D eigenvalue weighted by molar-refractivity contribution is 5.84. The summed E-state index contributed by atoms with van der Waals surface area (Å²) < 4.78 is 0. The average Bonchev–Trinajstić information content (AvgIpc) is 2.87. The highest BCUT2D eigenvalue weighted by Gasteiger charge is 2.48. The molecule has 1 unspecified atom stereocenters. The molecule has 2 rings (SSSR count). The van der Waals surface area contributed by atoms with Gasteiger partial charge in [0, 0.05) is 6.54 Å². The second kappa shape index (κ2) is 5.68. The lowest BCUT2D eigenvalue weighted by Crippen LogP contribution is -2.51. The molecule has 0 saturated carbocycles. The monoisotopic (exact) mass is 288 g/mol. The molecule has 112 valence electrons. The molecule has 1 N–H and O–H groups in total. The van der Waals surface area contributed by atoms with E-state index in [1.807, 2.05) is 13.8 Å². The van der Waals surface area contributed by atoms with Gasteiger partial charge in [-0.05, 0) is 38.7 Å². The molecule has 2 heterocycles. The predicted octanol–water partition coefficient (Wildman–Crippen LogP) is 2.19. The van der Waals surface area contributed by atoms with Crippen LogP contribution in [0.5, 0.6) is 0 Å². The molecular formula is C15H20N4O2. The van der Waals surface area contributed by atoms with Gasteiger partial charge in [0.25, 0.3) is 0 Å². The number of carboxylic acids is 1. The molecule has 1 fully saturated rings. The summed E-state index contributed by atoms with van der Waals surface area (Å²) in [6.07, 6.45) is 2.67. The average molecular weight is 288 g/mol. The van der Waals surface area contributed by atoms with Gasteiger partial charge in [0.15, 0.2) is 5.82 Å². The van der Waals surface area contributed by atoms with Crippen molar-refractivity contribution in [2.75, 3.05) is 11.4 Å². The first-order valence-electron chi connectivity index (χ1n) is 7.23. The second-order valence-electron chi connectivity index (χ2n) is 5.56. The van der Waals surface area contributed by atoms with Crippen LogP contribution in [0, 0.1) is 25.2 Å². The van der Waals surface area contributed by atoms with Gasteiger partial charge in [0.05, 0.1) is 5.69 Å². The van der Waals surface area contributed by atoms with Crippen molar-refractivity contribution < 1.29 is 9.90 Å². The summed E-state index contributed by atoms with van der Waals surface area (Å²) in [6, 6.07) is 2.16. The summed E-state index contributed by atoms with van der Waals surface area (Å²) in [7, 11) is 0. The maximum Gasteiger partial charge on any atom is 0.329 e. The summed E-state index contributed by atoms with van der Waals surface area (Å²) in [5, 5.41) is 27.4. The normalized spacial score (nSPS) is 21.3. The van der Waals surface area contributed by atoms with Gasteiger partial charge in [-0.2, -0.15) is 10.4 Å². The molecule has 0 radical (unpaired) electrons. The van der Waals surface area contributed by atoms with Crippen LogP contribution in [0.2, 0.25) is 0 Å². The minimum absolute atomic E-state index is 0.411. The molecule has 1 atom stereocenters. The molecule has 1 aromatic heterocycles. The zero-order valence-electron chi connectivity index (χ0n) is 12.7. The Morgan fingerprint density at radius 3 is 2.76 bits per heavy atom. The largest absolute Gasteiger partial charge is 0.479 e. The molecule has 1 saturated heterocycles. The van der Waals surface area contributed by atoms with Crippen LogP contribution in [0.25, 0.3) is 0 Å². The Bertz CT molecular complexity index is 608. The minimum Gasteiger partial charge on any atom is -0.479 e. The molecule has 1 aliphatic rings. The SMILES string of the molecule is CCCC1(C(=O)O)CCCN1c1nnc(C)c(C)c1C#N. The molecule has 0 aromatic carbocycles. The van der Waals surface area contributed by atoms with E-state index in [1.54, 1.807) is 11.8 Å². The predicted molar refractivity (Wildman–Crippen MR) is 78.1 cm³/mol. The van der Waals surface area contributed by atoms with Crippen molar-refractivity contribution >= 4 is 11.8 Å². The standard InChI is InChI=1S/C15H20N4O2/c1-4-6-15(14(20)21)7-5-8-19(15)13-12(9-16)10(2)11(3)17-18-13/h4-8H2,1-3H3,(H,20,21). The quantitative estimate of drug-likeness (QED) is 0.913. The zero-order valence-corrected chi connectivity index (χ0v) is 12.7. The molecule has 0 amide bonds. The number of anilines is 1. The first kappa shape index (κ1) is 15.2. The Morgan fingerprint density at radius 2 is 2.19 bits per heavy atom. The van der Waals surface area contributed by atoms with Crippen LogP contribution in [0.4, 0.5) is 5.82 Å². The van der Waals surface area contributed by atoms with Gasteiger partial charge in [-0.1, -0.05) is 13.3 Å². The lowest BCUT2D eigenvalue weighted by Gasteiger charge is -2.35. The highest BCUT2D eigenvalue weighted by atomic mass is 16.4. The molecule has 1 aliphatic heterocycles. The number of carboxylic acid groups (broad SMARTS) is 1. The van der Waals surface area contributed by atoms with Crippen LogP contribution in [0.1, 0.15) is 49.4 Å². The molecule has 6 heteroatoms. The summed E-state index contributed by atoms with van der Waals surface area (Å²) in [5.74, 6) is -0.431. The first-order valence-corrected chi connectivity index (χ1v) is 7.23. The van der Waals surface area contributed by atoms with Crippen LogP contribution < -0.4 is 4.90 Å². The molecule has 0 bridgehead atoms. The Balaban J connectivity index is 2.58. The number of aryl methyl sites for hydroxylation is 1. The van der Waals surface area contributed by atoms with E-state index in [-0.39, 0.29) is 0 Å². The first-order chi connectivity index (χ1) is 9.97. The summed E-state index contributed by atoms with van der Waals surface area (Å²) >= 11 is 0. The van der Waals surface area contributed by atoms with Crippen molar-refractivity contribution in [3.63, 3.8) is 0 Å². The van der Waals surface area contributed by atoms with Crippen LogP contribution in [0.15, 0.2) is 0 Å². The van der Waals surface area contributed by atoms with Crippen molar-refractivity contribution in [1.29, 1.82) is 5.26 Å².